The van der Waals surface area contributed by atoms with Crippen molar-refractivity contribution in [2.24, 2.45) is 5.92 Å². The van der Waals surface area contributed by atoms with Crippen molar-refractivity contribution in [3.63, 3.8) is 0 Å². The average Bonchev–Trinajstić information content (AvgIpc) is 2.18. The van der Waals surface area contributed by atoms with Gasteiger partial charge in [0.15, 0.2) is 14.9 Å². The lowest BCUT2D eigenvalue weighted by Crippen LogP contribution is -2.50. The number of nitrogens with one attached hydrogen (secondary N) is 1. The summed E-state index contributed by atoms with van der Waals surface area (Å²) in [5, 5.41) is 8.19. The third-order valence-corrected chi connectivity index (χ3v) is 6.72. The van der Waals surface area contributed by atoms with E-state index in [9.17, 15) is 16.8 Å². The molecular weight excluding hydrogens is 276 g/mol. The smallest absolute Gasteiger partial charge is 0.227 e. The minimum atomic E-state index is -3.99. The Labute approximate surface area is 108 Å². The molecule has 1 fully saturated rings. The number of sulfone groups is 1. The average molecular weight is 294 g/mol. The van der Waals surface area contributed by atoms with E-state index in [1.807, 2.05) is 13.0 Å². The van der Waals surface area contributed by atoms with Gasteiger partial charge in [-0.3, -0.25) is 0 Å². The highest BCUT2D eigenvalue weighted by Gasteiger charge is 2.38. The Hall–Kier alpha value is -0.650. The first-order valence-corrected chi connectivity index (χ1v) is 9.39. The van der Waals surface area contributed by atoms with Gasteiger partial charge in [0.2, 0.25) is 10.0 Å². The van der Waals surface area contributed by atoms with Crippen LogP contribution < -0.4 is 4.72 Å². The SMILES string of the molecule is CC1CCC(C#N)(NS(=O)(=O)CS(C)(=O)=O)CC1. The number of hydrogen-bond donors (Lipinski definition) is 1. The first-order chi connectivity index (χ1) is 8.08. The molecule has 8 heteroatoms. The minimum Gasteiger partial charge on any atom is -0.228 e. The second kappa shape index (κ2) is 5.15. The third-order valence-electron chi connectivity index (χ3n) is 3.06. The quantitative estimate of drug-likeness (QED) is 0.807. The van der Waals surface area contributed by atoms with Crippen LogP contribution in [0.2, 0.25) is 0 Å². The van der Waals surface area contributed by atoms with Gasteiger partial charge in [0.25, 0.3) is 0 Å². The summed E-state index contributed by atoms with van der Waals surface area (Å²) in [5.41, 5.74) is -1.14. The molecule has 0 aromatic rings. The van der Waals surface area contributed by atoms with Crippen molar-refractivity contribution in [2.75, 3.05) is 11.3 Å². The fraction of sp³-hybridized carbons (Fsp3) is 0.900. The molecule has 1 aliphatic rings. The second-order valence-electron chi connectivity index (χ2n) is 5.14. The maximum atomic E-state index is 11.7. The van der Waals surface area contributed by atoms with Crippen LogP contribution >= 0.6 is 0 Å². The molecule has 0 bridgehead atoms. The molecule has 0 atom stereocenters. The number of nitriles is 1. The molecule has 1 saturated carbocycles. The normalized spacial score (nSPS) is 29.7. The van der Waals surface area contributed by atoms with Crippen molar-refractivity contribution in [1.82, 2.24) is 4.72 Å². The fourth-order valence-electron chi connectivity index (χ4n) is 2.10. The molecule has 0 aromatic heterocycles. The Bertz CT molecular complexity index is 537. The predicted molar refractivity (Wildman–Crippen MR) is 67.7 cm³/mol. The highest BCUT2D eigenvalue weighted by molar-refractivity contribution is 8.06. The second-order valence-corrected chi connectivity index (χ2v) is 9.36. The Morgan fingerprint density at radius 2 is 1.78 bits per heavy atom. The van der Waals surface area contributed by atoms with Crippen molar-refractivity contribution in [2.45, 2.75) is 38.1 Å². The molecule has 1 N–H and O–H groups in total. The van der Waals surface area contributed by atoms with Crippen LogP contribution in [-0.2, 0) is 19.9 Å². The molecule has 0 heterocycles. The van der Waals surface area contributed by atoms with Gasteiger partial charge in [0.05, 0.1) is 6.07 Å². The zero-order chi connectivity index (χ0) is 14.0. The standard InChI is InChI=1S/C10H18N2O4S2/c1-9-3-5-10(7-11,6-4-9)12-18(15,16)8-17(2,13)14/h9,12H,3-6,8H2,1-2H3. The molecule has 6 nitrogen and oxygen atoms in total. The maximum Gasteiger partial charge on any atom is 0.227 e. The lowest BCUT2D eigenvalue weighted by molar-refractivity contribution is 0.278. The largest absolute Gasteiger partial charge is 0.228 e. The lowest BCUT2D eigenvalue weighted by atomic mass is 9.79. The topological polar surface area (TPSA) is 104 Å². The Morgan fingerprint density at radius 1 is 1.28 bits per heavy atom. The van der Waals surface area contributed by atoms with Crippen LogP contribution in [0.3, 0.4) is 0 Å². The molecule has 0 unspecified atom stereocenters. The highest BCUT2D eigenvalue weighted by atomic mass is 32.3. The van der Waals surface area contributed by atoms with Gasteiger partial charge < -0.3 is 0 Å². The zero-order valence-electron chi connectivity index (χ0n) is 10.5. The first kappa shape index (κ1) is 15.4. The van der Waals surface area contributed by atoms with E-state index < -0.39 is 30.5 Å². The summed E-state index contributed by atoms with van der Waals surface area (Å²) in [4.78, 5) is 0. The summed E-state index contributed by atoms with van der Waals surface area (Å²) in [6, 6.07) is 1.99. The monoisotopic (exact) mass is 294 g/mol. The maximum absolute atomic E-state index is 11.7. The number of sulfonamides is 1. The van der Waals surface area contributed by atoms with Crippen LogP contribution in [-0.4, -0.2) is 33.7 Å². The molecule has 104 valence electrons. The van der Waals surface area contributed by atoms with Gasteiger partial charge >= 0.3 is 0 Å². The Balaban J connectivity index is 2.85. The summed E-state index contributed by atoms with van der Waals surface area (Å²) in [6.45, 7) is 2.05. The molecule has 1 rings (SSSR count). The van der Waals surface area contributed by atoms with Gasteiger partial charge in [-0.2, -0.15) is 9.98 Å². The van der Waals surface area contributed by atoms with Crippen molar-refractivity contribution < 1.29 is 16.8 Å². The minimum absolute atomic E-state index is 0.424. The number of rotatable bonds is 4. The van der Waals surface area contributed by atoms with Crippen LogP contribution in [0, 0.1) is 17.2 Å². The first-order valence-electron chi connectivity index (χ1n) is 5.68. The van der Waals surface area contributed by atoms with Crippen LogP contribution in [0.1, 0.15) is 32.6 Å². The summed E-state index contributed by atoms with van der Waals surface area (Å²) in [7, 11) is -7.63. The van der Waals surface area contributed by atoms with Gasteiger partial charge in [-0.05, 0) is 31.6 Å². The lowest BCUT2D eigenvalue weighted by Gasteiger charge is -2.33. The van der Waals surface area contributed by atoms with Crippen molar-refractivity contribution in [3.05, 3.63) is 0 Å². The predicted octanol–water partition coefficient (Wildman–Crippen LogP) is 0.380. The molecule has 0 saturated heterocycles. The molecule has 0 aliphatic heterocycles. The van der Waals surface area contributed by atoms with E-state index in [2.05, 4.69) is 4.72 Å². The Kier molecular flexibility index (Phi) is 4.41. The molecule has 1 aliphatic carbocycles. The molecule has 0 amide bonds. The van der Waals surface area contributed by atoms with Crippen molar-refractivity contribution in [1.29, 1.82) is 5.26 Å². The molecule has 18 heavy (non-hydrogen) atoms. The fourth-order valence-corrected chi connectivity index (χ4v) is 5.44. The van der Waals surface area contributed by atoms with Gasteiger partial charge in [0.1, 0.15) is 5.54 Å². The van der Waals surface area contributed by atoms with Gasteiger partial charge in [-0.15, -0.1) is 0 Å². The van der Waals surface area contributed by atoms with Crippen LogP contribution in [0.4, 0.5) is 0 Å². The van der Waals surface area contributed by atoms with E-state index in [0.717, 1.165) is 19.1 Å². The van der Waals surface area contributed by atoms with Crippen LogP contribution in [0.25, 0.3) is 0 Å². The number of hydrogen-bond acceptors (Lipinski definition) is 5. The van der Waals surface area contributed by atoms with Gasteiger partial charge in [-0.1, -0.05) is 6.92 Å². The van der Waals surface area contributed by atoms with E-state index in [4.69, 9.17) is 5.26 Å². The summed E-state index contributed by atoms with van der Waals surface area (Å²) in [5.74, 6) is 0.464. The summed E-state index contributed by atoms with van der Waals surface area (Å²) >= 11 is 0. The van der Waals surface area contributed by atoms with Crippen molar-refractivity contribution >= 4 is 19.9 Å². The van der Waals surface area contributed by atoms with E-state index in [0.29, 0.717) is 18.8 Å². The summed E-state index contributed by atoms with van der Waals surface area (Å²) in [6.07, 6.45) is 3.22. The zero-order valence-corrected chi connectivity index (χ0v) is 12.1. The Morgan fingerprint density at radius 3 is 2.17 bits per heavy atom. The van der Waals surface area contributed by atoms with Crippen LogP contribution in [0.5, 0.6) is 0 Å². The van der Waals surface area contributed by atoms with E-state index >= 15 is 0 Å². The van der Waals surface area contributed by atoms with Crippen molar-refractivity contribution in [3.8, 4) is 6.07 Å². The van der Waals surface area contributed by atoms with Gasteiger partial charge in [-0.25, -0.2) is 16.8 Å². The molecule has 0 aromatic carbocycles. The molecular formula is C10H18N2O4S2. The van der Waals surface area contributed by atoms with E-state index in [1.165, 1.54) is 0 Å². The summed E-state index contributed by atoms with van der Waals surface area (Å²) < 4.78 is 47.8. The highest BCUT2D eigenvalue weighted by Crippen LogP contribution is 2.32. The van der Waals surface area contributed by atoms with Gasteiger partial charge in [0, 0.05) is 6.26 Å². The van der Waals surface area contributed by atoms with E-state index in [1.54, 1.807) is 0 Å². The third kappa shape index (κ3) is 4.55. The number of nitrogens with zero attached hydrogens (tertiary/aromatic N) is 1. The van der Waals surface area contributed by atoms with Crippen LogP contribution in [0.15, 0.2) is 0 Å². The van der Waals surface area contributed by atoms with E-state index in [-0.39, 0.29) is 0 Å². The molecule has 0 spiro atoms. The molecule has 0 radical (unpaired) electrons.